The third-order valence-electron chi connectivity index (χ3n) is 7.88. The van der Waals surface area contributed by atoms with Gasteiger partial charge in [-0.2, -0.15) is 5.26 Å². The lowest BCUT2D eigenvalue weighted by atomic mass is 9.90. The number of hydrogen-bond donors (Lipinski definition) is 1. The zero-order chi connectivity index (χ0) is 20.3. The molecule has 0 bridgehead atoms. The lowest BCUT2D eigenvalue weighted by molar-refractivity contribution is 0.314. The minimum Gasteiger partial charge on any atom is -0.355 e. The van der Waals surface area contributed by atoms with Crippen molar-refractivity contribution in [3.63, 3.8) is 0 Å². The monoisotopic (exact) mass is 389 g/mol. The molecule has 0 aromatic heterocycles. The van der Waals surface area contributed by atoms with Gasteiger partial charge in [0.2, 0.25) is 0 Å². The second kappa shape index (κ2) is 7.17. The van der Waals surface area contributed by atoms with E-state index in [2.05, 4.69) is 49.7 Å². The van der Waals surface area contributed by atoms with Gasteiger partial charge in [0.05, 0.1) is 6.07 Å². The molecule has 154 valence electrons. The van der Waals surface area contributed by atoms with Gasteiger partial charge in [-0.3, -0.25) is 0 Å². The van der Waals surface area contributed by atoms with Crippen molar-refractivity contribution in [1.29, 1.82) is 5.26 Å². The molecule has 1 aliphatic heterocycles. The van der Waals surface area contributed by atoms with E-state index in [9.17, 15) is 5.26 Å². The summed E-state index contributed by atoms with van der Waals surface area (Å²) in [7, 11) is 0. The Balaban J connectivity index is 1.28. The number of piperidine rings is 1. The van der Waals surface area contributed by atoms with E-state index in [1.165, 1.54) is 32.1 Å². The Morgan fingerprint density at radius 2 is 1.83 bits per heavy atom. The molecule has 1 heterocycles. The first-order valence-corrected chi connectivity index (χ1v) is 11.7. The van der Waals surface area contributed by atoms with E-state index in [4.69, 9.17) is 0 Å². The van der Waals surface area contributed by atoms with Crippen molar-refractivity contribution in [1.82, 2.24) is 10.2 Å². The molecule has 3 nitrogen and oxygen atoms in total. The van der Waals surface area contributed by atoms with Crippen molar-refractivity contribution in [2.24, 2.45) is 17.8 Å². The Kier molecular flexibility index (Phi) is 4.74. The lowest BCUT2D eigenvalue weighted by Gasteiger charge is -2.28. The van der Waals surface area contributed by atoms with E-state index in [1.807, 2.05) is 0 Å². The first-order chi connectivity index (χ1) is 13.9. The first-order valence-electron chi connectivity index (χ1n) is 11.7. The molecule has 4 aliphatic rings. The number of fused-ring (bicyclic) bond motifs is 3. The summed E-state index contributed by atoms with van der Waals surface area (Å²) in [5.74, 6) is 2.32. The highest BCUT2D eigenvalue weighted by Gasteiger charge is 2.52. The first kappa shape index (κ1) is 19.2. The highest BCUT2D eigenvalue weighted by atomic mass is 15.3. The molecule has 1 aromatic rings. The maximum Gasteiger partial charge on any atom is 0.117 e. The Bertz CT molecular complexity index is 843. The summed E-state index contributed by atoms with van der Waals surface area (Å²) in [5, 5.41) is 13.2. The largest absolute Gasteiger partial charge is 0.355 e. The SMILES string of the molecule is C=C(CNC(C)Cc1c2c(cc3c1CC(C)C3)CC(C)C2)N1C(C#N)C[C@@H]2CC21. The molecular formula is C26H35N3. The van der Waals surface area contributed by atoms with Crippen LogP contribution in [-0.4, -0.2) is 29.6 Å². The topological polar surface area (TPSA) is 39.1 Å². The summed E-state index contributed by atoms with van der Waals surface area (Å²) >= 11 is 0. The quantitative estimate of drug-likeness (QED) is 0.793. The number of likely N-dealkylation sites (tertiary alicyclic amines) is 1. The molecule has 0 spiro atoms. The summed E-state index contributed by atoms with van der Waals surface area (Å²) < 4.78 is 0. The molecule has 1 N–H and O–H groups in total. The van der Waals surface area contributed by atoms with Crippen LogP contribution in [0, 0.1) is 29.1 Å². The summed E-state index contributed by atoms with van der Waals surface area (Å²) in [6.07, 6.45) is 8.44. The standard InChI is InChI=1S/C26H35N3/c1-15-5-19-10-20-6-16(2)8-24(20)25(23(19)7-15)9-17(3)28-14-18(4)29-22(13-27)11-21-12-26(21)29/h10,15-17,21-22,26,28H,4-9,11-12,14H2,1-3H3/t15?,16?,17?,21-,22?,26?/m1/s1. The molecule has 29 heavy (non-hydrogen) atoms. The lowest BCUT2D eigenvalue weighted by Crippen LogP contribution is -2.38. The van der Waals surface area contributed by atoms with Crippen LogP contribution in [0.5, 0.6) is 0 Å². The molecule has 2 fully saturated rings. The molecule has 1 saturated heterocycles. The Morgan fingerprint density at radius 1 is 1.17 bits per heavy atom. The van der Waals surface area contributed by atoms with Crippen molar-refractivity contribution in [2.75, 3.05) is 6.54 Å². The summed E-state index contributed by atoms with van der Waals surface area (Å²) in [5.41, 5.74) is 9.37. The third kappa shape index (κ3) is 3.40. The molecule has 3 heteroatoms. The summed E-state index contributed by atoms with van der Waals surface area (Å²) in [6.45, 7) is 12.3. The van der Waals surface area contributed by atoms with Crippen LogP contribution in [0.3, 0.4) is 0 Å². The number of hydrogen-bond acceptors (Lipinski definition) is 3. The summed E-state index contributed by atoms with van der Waals surface area (Å²) in [6, 6.07) is 6.09. The number of nitrogens with one attached hydrogen (secondary N) is 1. The van der Waals surface area contributed by atoms with Crippen LogP contribution >= 0.6 is 0 Å². The van der Waals surface area contributed by atoms with Gasteiger partial charge in [-0.25, -0.2) is 0 Å². The van der Waals surface area contributed by atoms with Crippen LogP contribution in [0.25, 0.3) is 0 Å². The van der Waals surface area contributed by atoms with Crippen LogP contribution in [0.4, 0.5) is 0 Å². The summed E-state index contributed by atoms with van der Waals surface area (Å²) in [4.78, 5) is 2.31. The minimum absolute atomic E-state index is 0.0481. The minimum atomic E-state index is 0.0481. The predicted molar refractivity (Wildman–Crippen MR) is 118 cm³/mol. The van der Waals surface area contributed by atoms with Gasteiger partial charge in [0.1, 0.15) is 6.04 Å². The van der Waals surface area contributed by atoms with Crippen LogP contribution in [0.2, 0.25) is 0 Å². The zero-order valence-corrected chi connectivity index (χ0v) is 18.3. The van der Waals surface area contributed by atoms with Crippen molar-refractivity contribution in [3.8, 4) is 6.07 Å². The van der Waals surface area contributed by atoms with E-state index in [1.54, 1.807) is 27.8 Å². The average Bonchev–Trinajstić information content (AvgIpc) is 2.99. The smallest absolute Gasteiger partial charge is 0.117 e. The molecule has 0 radical (unpaired) electrons. The molecule has 5 rings (SSSR count). The highest BCUT2D eigenvalue weighted by molar-refractivity contribution is 5.51. The Morgan fingerprint density at radius 3 is 2.45 bits per heavy atom. The fourth-order valence-electron chi connectivity index (χ4n) is 6.45. The van der Waals surface area contributed by atoms with Crippen molar-refractivity contribution >= 4 is 0 Å². The van der Waals surface area contributed by atoms with Crippen LogP contribution in [0.15, 0.2) is 18.3 Å². The van der Waals surface area contributed by atoms with Gasteiger partial charge in [-0.1, -0.05) is 26.5 Å². The van der Waals surface area contributed by atoms with Crippen molar-refractivity contribution in [3.05, 3.63) is 46.2 Å². The van der Waals surface area contributed by atoms with Crippen molar-refractivity contribution in [2.45, 2.75) is 83.8 Å². The van der Waals surface area contributed by atoms with Gasteiger partial charge >= 0.3 is 0 Å². The molecule has 1 aromatic carbocycles. The van der Waals surface area contributed by atoms with Crippen molar-refractivity contribution < 1.29 is 0 Å². The molecule has 5 unspecified atom stereocenters. The van der Waals surface area contributed by atoms with E-state index in [0.29, 0.717) is 12.1 Å². The van der Waals surface area contributed by atoms with Gasteiger partial charge in [-0.15, -0.1) is 0 Å². The third-order valence-corrected chi connectivity index (χ3v) is 7.88. The Labute approximate surface area is 176 Å². The second-order valence-electron chi connectivity index (χ2n) is 10.6. The fourth-order valence-corrected chi connectivity index (χ4v) is 6.45. The molecule has 1 saturated carbocycles. The highest BCUT2D eigenvalue weighted by Crippen LogP contribution is 2.49. The van der Waals surface area contributed by atoms with Crippen LogP contribution < -0.4 is 5.32 Å². The van der Waals surface area contributed by atoms with Crippen LogP contribution in [0.1, 0.15) is 61.4 Å². The number of benzene rings is 1. The van der Waals surface area contributed by atoms with Crippen LogP contribution in [-0.2, 0) is 32.1 Å². The van der Waals surface area contributed by atoms with Gasteiger partial charge in [-0.05, 0) is 97.4 Å². The van der Waals surface area contributed by atoms with E-state index in [0.717, 1.165) is 42.8 Å². The fraction of sp³-hybridized carbons (Fsp3) is 0.654. The molecule has 0 amide bonds. The predicted octanol–water partition coefficient (Wildman–Crippen LogP) is 4.18. The maximum absolute atomic E-state index is 9.46. The molecular weight excluding hydrogens is 354 g/mol. The van der Waals surface area contributed by atoms with Gasteiger partial charge in [0, 0.05) is 24.3 Å². The second-order valence-corrected chi connectivity index (χ2v) is 10.6. The zero-order valence-electron chi connectivity index (χ0n) is 18.3. The number of rotatable bonds is 6. The number of nitriles is 1. The average molecular weight is 390 g/mol. The van der Waals surface area contributed by atoms with E-state index >= 15 is 0 Å². The van der Waals surface area contributed by atoms with E-state index < -0.39 is 0 Å². The van der Waals surface area contributed by atoms with E-state index in [-0.39, 0.29) is 6.04 Å². The number of nitrogens with zero attached hydrogens (tertiary/aromatic N) is 2. The molecule has 3 aliphatic carbocycles. The normalized spacial score (nSPS) is 32.5. The maximum atomic E-state index is 9.46. The molecule has 6 atom stereocenters. The van der Waals surface area contributed by atoms with Gasteiger partial charge < -0.3 is 10.2 Å². The van der Waals surface area contributed by atoms with Gasteiger partial charge in [0.15, 0.2) is 0 Å². The van der Waals surface area contributed by atoms with Gasteiger partial charge in [0.25, 0.3) is 0 Å². The Hall–Kier alpha value is -1.79.